The van der Waals surface area contributed by atoms with Gasteiger partial charge in [0.1, 0.15) is 0 Å². The zero-order valence-corrected chi connectivity index (χ0v) is 11.9. The topological polar surface area (TPSA) is 55.1 Å². The maximum Gasteiger partial charge on any atom is 0.237 e. The Bertz CT molecular complexity index is 406. The summed E-state index contributed by atoms with van der Waals surface area (Å²) in [5, 5.41) is 2.97. The third kappa shape index (κ3) is 3.84. The predicted octanol–water partition coefficient (Wildman–Crippen LogP) is 2.46. The van der Waals surface area contributed by atoms with E-state index in [4.69, 9.17) is 5.73 Å². The molecule has 3 nitrogen and oxygen atoms in total. The summed E-state index contributed by atoms with van der Waals surface area (Å²) in [4.78, 5) is 11.9. The van der Waals surface area contributed by atoms with Gasteiger partial charge in [0, 0.05) is 0 Å². The first-order valence-electron chi connectivity index (χ1n) is 6.45. The molecule has 0 saturated heterocycles. The van der Waals surface area contributed by atoms with Gasteiger partial charge in [-0.05, 0) is 32.3 Å². The molecule has 0 spiro atoms. The van der Waals surface area contributed by atoms with E-state index in [1.54, 1.807) is 0 Å². The number of benzene rings is 1. The lowest BCUT2D eigenvalue weighted by Crippen LogP contribution is -2.44. The van der Waals surface area contributed by atoms with Gasteiger partial charge in [0.2, 0.25) is 5.91 Å². The van der Waals surface area contributed by atoms with Gasteiger partial charge >= 0.3 is 0 Å². The Balaban J connectivity index is 2.76. The summed E-state index contributed by atoms with van der Waals surface area (Å²) in [5.74, 6) is 0.0631. The molecule has 2 atom stereocenters. The lowest BCUT2D eigenvalue weighted by Gasteiger charge is -2.20. The summed E-state index contributed by atoms with van der Waals surface area (Å²) < 4.78 is 0. The van der Waals surface area contributed by atoms with Gasteiger partial charge in [-0.15, -0.1) is 0 Å². The largest absolute Gasteiger partial charge is 0.348 e. The Morgan fingerprint density at radius 2 is 1.61 bits per heavy atom. The number of nitrogens with two attached hydrogens (primary N) is 1. The van der Waals surface area contributed by atoms with Gasteiger partial charge in [-0.25, -0.2) is 0 Å². The van der Waals surface area contributed by atoms with E-state index in [1.165, 1.54) is 11.1 Å². The Kier molecular flexibility index (Phi) is 4.91. The van der Waals surface area contributed by atoms with E-state index in [9.17, 15) is 4.79 Å². The fourth-order valence-electron chi connectivity index (χ4n) is 1.96. The molecule has 1 rings (SSSR count). The molecule has 0 aliphatic carbocycles. The minimum Gasteiger partial charge on any atom is -0.348 e. The van der Waals surface area contributed by atoms with Gasteiger partial charge in [0.25, 0.3) is 0 Å². The molecular weight excluding hydrogens is 224 g/mol. The monoisotopic (exact) mass is 248 g/mol. The Morgan fingerprint density at radius 1 is 1.11 bits per heavy atom. The van der Waals surface area contributed by atoms with Gasteiger partial charge in [0.15, 0.2) is 0 Å². The molecule has 18 heavy (non-hydrogen) atoms. The Hall–Kier alpha value is -1.35. The van der Waals surface area contributed by atoms with Crippen molar-refractivity contribution >= 4 is 5.91 Å². The lowest BCUT2D eigenvalue weighted by atomic mass is 10.0. The molecule has 0 fully saturated rings. The lowest BCUT2D eigenvalue weighted by molar-refractivity contribution is -0.123. The van der Waals surface area contributed by atoms with Gasteiger partial charge in [-0.1, -0.05) is 43.2 Å². The standard InChI is InChI=1S/C15H24N2O/c1-9(2)14(16)15(18)17-12(5)13-7-10(3)6-11(4)8-13/h6-9,12,14H,16H2,1-5H3,(H,17,18)/t12?,14-/m0/s1. The average molecular weight is 248 g/mol. The van der Waals surface area contributed by atoms with Crippen molar-refractivity contribution in [1.29, 1.82) is 0 Å². The van der Waals surface area contributed by atoms with Crippen LogP contribution in [-0.4, -0.2) is 11.9 Å². The molecule has 3 heteroatoms. The van der Waals surface area contributed by atoms with Crippen LogP contribution in [0.25, 0.3) is 0 Å². The van der Waals surface area contributed by atoms with Crippen molar-refractivity contribution in [2.24, 2.45) is 11.7 Å². The van der Waals surface area contributed by atoms with Crippen LogP contribution in [0.15, 0.2) is 18.2 Å². The molecule has 0 heterocycles. The van der Waals surface area contributed by atoms with Gasteiger partial charge in [-0.3, -0.25) is 4.79 Å². The second-order valence-electron chi connectivity index (χ2n) is 5.42. The minimum atomic E-state index is -0.446. The highest BCUT2D eigenvalue weighted by Gasteiger charge is 2.19. The fraction of sp³-hybridized carbons (Fsp3) is 0.533. The van der Waals surface area contributed by atoms with Gasteiger partial charge < -0.3 is 11.1 Å². The number of rotatable bonds is 4. The highest BCUT2D eigenvalue weighted by molar-refractivity contribution is 5.82. The number of carbonyl (C=O) groups excluding carboxylic acids is 1. The third-order valence-corrected chi connectivity index (χ3v) is 3.12. The van der Waals surface area contributed by atoms with E-state index in [1.807, 2.05) is 20.8 Å². The third-order valence-electron chi connectivity index (χ3n) is 3.12. The highest BCUT2D eigenvalue weighted by atomic mass is 16.2. The summed E-state index contributed by atoms with van der Waals surface area (Å²) in [7, 11) is 0. The fourth-order valence-corrected chi connectivity index (χ4v) is 1.96. The molecule has 0 bridgehead atoms. The van der Waals surface area contributed by atoms with Crippen LogP contribution >= 0.6 is 0 Å². The molecule has 1 aromatic rings. The average Bonchev–Trinajstić information content (AvgIpc) is 2.26. The second-order valence-corrected chi connectivity index (χ2v) is 5.42. The van der Waals surface area contributed by atoms with E-state index >= 15 is 0 Å². The SMILES string of the molecule is Cc1cc(C)cc(C(C)NC(=O)[C@@H](N)C(C)C)c1. The molecular formula is C15H24N2O. The van der Waals surface area contributed by atoms with E-state index < -0.39 is 6.04 Å². The Morgan fingerprint density at radius 3 is 2.06 bits per heavy atom. The van der Waals surface area contributed by atoms with E-state index in [-0.39, 0.29) is 17.9 Å². The molecule has 0 aliphatic rings. The number of carbonyl (C=O) groups is 1. The number of nitrogens with one attached hydrogen (secondary N) is 1. The molecule has 3 N–H and O–H groups in total. The molecule has 100 valence electrons. The van der Waals surface area contributed by atoms with E-state index in [0.29, 0.717) is 0 Å². The minimum absolute atomic E-state index is 0.0131. The normalized spacial score (nSPS) is 14.4. The van der Waals surface area contributed by atoms with Crippen LogP contribution in [0.4, 0.5) is 0 Å². The van der Waals surface area contributed by atoms with Gasteiger partial charge in [-0.2, -0.15) is 0 Å². The first kappa shape index (κ1) is 14.7. The highest BCUT2D eigenvalue weighted by Crippen LogP contribution is 2.16. The molecule has 1 aromatic carbocycles. The molecule has 0 aromatic heterocycles. The molecule has 0 saturated carbocycles. The zero-order valence-electron chi connectivity index (χ0n) is 11.9. The summed E-state index contributed by atoms with van der Waals surface area (Å²) in [6.45, 7) is 10.0. The van der Waals surface area contributed by atoms with Crippen molar-refractivity contribution < 1.29 is 4.79 Å². The van der Waals surface area contributed by atoms with E-state index in [0.717, 1.165) is 5.56 Å². The smallest absolute Gasteiger partial charge is 0.237 e. The van der Waals surface area contributed by atoms with Crippen molar-refractivity contribution in [2.45, 2.75) is 46.7 Å². The molecule has 1 unspecified atom stereocenters. The summed E-state index contributed by atoms with van der Waals surface area (Å²) >= 11 is 0. The van der Waals surface area contributed by atoms with Crippen molar-refractivity contribution in [2.75, 3.05) is 0 Å². The summed E-state index contributed by atoms with van der Waals surface area (Å²) in [6.07, 6.45) is 0. The summed E-state index contributed by atoms with van der Waals surface area (Å²) in [6, 6.07) is 5.86. The maximum atomic E-state index is 11.9. The summed E-state index contributed by atoms with van der Waals surface area (Å²) in [5.41, 5.74) is 9.37. The van der Waals surface area contributed by atoms with Crippen LogP contribution in [-0.2, 0) is 4.79 Å². The number of aryl methyl sites for hydroxylation is 2. The first-order chi connectivity index (χ1) is 8.31. The Labute approximate surface area is 110 Å². The van der Waals surface area contributed by atoms with Crippen molar-refractivity contribution in [3.05, 3.63) is 34.9 Å². The quantitative estimate of drug-likeness (QED) is 0.860. The first-order valence-corrected chi connectivity index (χ1v) is 6.45. The van der Waals surface area contributed by atoms with Crippen LogP contribution < -0.4 is 11.1 Å². The van der Waals surface area contributed by atoms with Crippen molar-refractivity contribution in [1.82, 2.24) is 5.32 Å². The van der Waals surface area contributed by atoms with Crippen LogP contribution in [0.3, 0.4) is 0 Å². The molecule has 1 amide bonds. The van der Waals surface area contributed by atoms with Crippen molar-refractivity contribution in [3.8, 4) is 0 Å². The second kappa shape index (κ2) is 6.01. The van der Waals surface area contributed by atoms with Crippen LogP contribution in [0.2, 0.25) is 0 Å². The van der Waals surface area contributed by atoms with Crippen LogP contribution in [0, 0.1) is 19.8 Å². The van der Waals surface area contributed by atoms with E-state index in [2.05, 4.69) is 37.4 Å². The van der Waals surface area contributed by atoms with Crippen molar-refractivity contribution in [3.63, 3.8) is 0 Å². The number of amides is 1. The van der Waals surface area contributed by atoms with Gasteiger partial charge in [0.05, 0.1) is 12.1 Å². The zero-order chi connectivity index (χ0) is 13.9. The number of hydrogen-bond donors (Lipinski definition) is 2. The number of hydrogen-bond acceptors (Lipinski definition) is 2. The maximum absolute atomic E-state index is 11.9. The van der Waals surface area contributed by atoms with Crippen LogP contribution in [0.1, 0.15) is 43.5 Å². The molecule has 0 aliphatic heterocycles. The molecule has 0 radical (unpaired) electrons. The predicted molar refractivity (Wildman–Crippen MR) is 75.3 cm³/mol. The van der Waals surface area contributed by atoms with Crippen LogP contribution in [0.5, 0.6) is 0 Å².